The molecule has 0 bridgehead atoms. The molecule has 1 N–H and O–H groups in total. The molecule has 1 aromatic heterocycles. The number of methoxy groups -OCH3 is 1. The highest BCUT2D eigenvalue weighted by molar-refractivity contribution is 14.1. The van der Waals surface area contributed by atoms with Crippen LogP contribution in [0.3, 0.4) is 0 Å². The first kappa shape index (κ1) is 13.3. The SMILES string of the molecule is COC1CCC(NC2CCCc3sc(I)cc32)C1. The predicted molar refractivity (Wildman–Crippen MR) is 84.3 cm³/mol. The third-order valence-electron chi connectivity index (χ3n) is 4.24. The van der Waals surface area contributed by atoms with Gasteiger partial charge in [-0.2, -0.15) is 0 Å². The van der Waals surface area contributed by atoms with Crippen molar-refractivity contribution < 1.29 is 4.74 Å². The number of rotatable bonds is 3. The van der Waals surface area contributed by atoms with Crippen LogP contribution < -0.4 is 5.32 Å². The molecular weight excluding hydrogens is 357 g/mol. The van der Waals surface area contributed by atoms with Crippen molar-refractivity contribution in [1.29, 1.82) is 0 Å². The van der Waals surface area contributed by atoms with Crippen LogP contribution in [0.1, 0.15) is 48.6 Å². The lowest BCUT2D eigenvalue weighted by Gasteiger charge is -2.27. The van der Waals surface area contributed by atoms with E-state index in [0.29, 0.717) is 18.2 Å². The lowest BCUT2D eigenvalue weighted by molar-refractivity contribution is 0.106. The Bertz CT molecular complexity index is 420. The summed E-state index contributed by atoms with van der Waals surface area (Å²) >= 11 is 4.43. The zero-order chi connectivity index (χ0) is 12.5. The van der Waals surface area contributed by atoms with Gasteiger partial charge in [-0.05, 0) is 72.7 Å². The molecular formula is C14H20INOS. The topological polar surface area (TPSA) is 21.3 Å². The summed E-state index contributed by atoms with van der Waals surface area (Å²) < 4.78 is 6.90. The molecule has 2 nitrogen and oxygen atoms in total. The van der Waals surface area contributed by atoms with E-state index in [9.17, 15) is 0 Å². The van der Waals surface area contributed by atoms with E-state index in [1.807, 2.05) is 18.4 Å². The highest BCUT2D eigenvalue weighted by atomic mass is 127. The minimum atomic E-state index is 0.480. The summed E-state index contributed by atoms with van der Waals surface area (Å²) in [5.41, 5.74) is 1.58. The molecule has 18 heavy (non-hydrogen) atoms. The van der Waals surface area contributed by atoms with Crippen LogP contribution in [-0.4, -0.2) is 19.3 Å². The Morgan fingerprint density at radius 3 is 3.06 bits per heavy atom. The van der Waals surface area contributed by atoms with E-state index < -0.39 is 0 Å². The first-order chi connectivity index (χ1) is 8.76. The highest BCUT2D eigenvalue weighted by Crippen LogP contribution is 2.37. The molecule has 1 heterocycles. The summed E-state index contributed by atoms with van der Waals surface area (Å²) in [6, 6.07) is 3.64. The fourth-order valence-corrected chi connectivity index (χ4v) is 5.40. The van der Waals surface area contributed by atoms with Crippen LogP contribution in [0.15, 0.2) is 6.07 Å². The third kappa shape index (κ3) is 2.76. The second kappa shape index (κ2) is 5.77. The summed E-state index contributed by atoms with van der Waals surface area (Å²) in [5.74, 6) is 0. The van der Waals surface area contributed by atoms with Crippen LogP contribution in [-0.2, 0) is 11.2 Å². The molecule has 0 radical (unpaired) electrons. The largest absolute Gasteiger partial charge is 0.381 e. The maximum absolute atomic E-state index is 5.46. The number of thiophene rings is 1. The standard InChI is InChI=1S/C14H20INOS/c1-17-10-6-5-9(7-10)16-12-3-2-4-13-11(12)8-14(15)18-13/h8-10,12,16H,2-7H2,1H3. The lowest BCUT2D eigenvalue weighted by atomic mass is 9.93. The molecule has 2 aliphatic carbocycles. The smallest absolute Gasteiger partial charge is 0.0659 e. The molecule has 100 valence electrons. The van der Waals surface area contributed by atoms with Crippen molar-refractivity contribution in [2.75, 3.05) is 7.11 Å². The Morgan fingerprint density at radius 1 is 1.39 bits per heavy atom. The third-order valence-corrected chi connectivity index (χ3v) is 6.21. The van der Waals surface area contributed by atoms with Crippen LogP contribution in [0.25, 0.3) is 0 Å². The maximum Gasteiger partial charge on any atom is 0.0659 e. The van der Waals surface area contributed by atoms with Gasteiger partial charge in [0.15, 0.2) is 0 Å². The highest BCUT2D eigenvalue weighted by Gasteiger charge is 2.29. The average Bonchev–Trinajstić information content (AvgIpc) is 2.95. The minimum absolute atomic E-state index is 0.480. The predicted octanol–water partition coefficient (Wildman–Crippen LogP) is 3.89. The number of halogens is 1. The van der Waals surface area contributed by atoms with Crippen LogP contribution >= 0.6 is 33.9 Å². The van der Waals surface area contributed by atoms with Crippen molar-refractivity contribution in [2.45, 2.75) is 56.7 Å². The van der Waals surface area contributed by atoms with Gasteiger partial charge < -0.3 is 10.1 Å². The van der Waals surface area contributed by atoms with Crippen LogP contribution in [0.2, 0.25) is 0 Å². The van der Waals surface area contributed by atoms with Crippen molar-refractivity contribution in [2.24, 2.45) is 0 Å². The van der Waals surface area contributed by atoms with E-state index in [0.717, 1.165) is 0 Å². The van der Waals surface area contributed by atoms with Crippen molar-refractivity contribution in [3.63, 3.8) is 0 Å². The van der Waals surface area contributed by atoms with E-state index in [-0.39, 0.29) is 0 Å². The molecule has 0 aliphatic heterocycles. The number of ether oxygens (including phenoxy) is 1. The van der Waals surface area contributed by atoms with Gasteiger partial charge in [0.1, 0.15) is 0 Å². The Hall–Kier alpha value is 0.350. The fourth-order valence-electron chi connectivity index (χ4n) is 3.28. The zero-order valence-electron chi connectivity index (χ0n) is 10.7. The summed E-state index contributed by atoms with van der Waals surface area (Å²) in [7, 11) is 1.84. The maximum atomic E-state index is 5.46. The number of hydrogen-bond acceptors (Lipinski definition) is 3. The van der Waals surface area contributed by atoms with E-state index in [1.165, 1.54) is 41.4 Å². The molecule has 4 heteroatoms. The van der Waals surface area contributed by atoms with Gasteiger partial charge in [-0.3, -0.25) is 0 Å². The van der Waals surface area contributed by atoms with Crippen LogP contribution in [0, 0.1) is 2.88 Å². The number of fused-ring (bicyclic) bond motifs is 1. The van der Waals surface area contributed by atoms with E-state index in [2.05, 4.69) is 34.0 Å². The van der Waals surface area contributed by atoms with Crippen molar-refractivity contribution >= 4 is 33.9 Å². The Morgan fingerprint density at radius 2 is 2.28 bits per heavy atom. The normalized spacial score (nSPS) is 31.6. The quantitative estimate of drug-likeness (QED) is 0.808. The van der Waals surface area contributed by atoms with E-state index in [4.69, 9.17) is 4.74 Å². The number of hydrogen-bond donors (Lipinski definition) is 1. The Labute approximate surface area is 127 Å². The first-order valence-corrected chi connectivity index (χ1v) is 8.72. The Balaban J connectivity index is 1.67. The molecule has 3 atom stereocenters. The van der Waals surface area contributed by atoms with Crippen molar-refractivity contribution in [3.8, 4) is 0 Å². The van der Waals surface area contributed by atoms with E-state index >= 15 is 0 Å². The number of aryl methyl sites for hydroxylation is 1. The van der Waals surface area contributed by atoms with Crippen LogP contribution in [0.4, 0.5) is 0 Å². The van der Waals surface area contributed by atoms with Gasteiger partial charge >= 0.3 is 0 Å². The summed E-state index contributed by atoms with van der Waals surface area (Å²) in [4.78, 5) is 1.62. The average molecular weight is 377 g/mol. The second-order valence-corrected chi connectivity index (χ2v) is 8.44. The second-order valence-electron chi connectivity index (χ2n) is 5.41. The van der Waals surface area contributed by atoms with Gasteiger partial charge in [0.05, 0.1) is 8.99 Å². The monoisotopic (exact) mass is 377 g/mol. The van der Waals surface area contributed by atoms with Gasteiger partial charge in [-0.25, -0.2) is 0 Å². The van der Waals surface area contributed by atoms with Gasteiger partial charge in [0, 0.05) is 24.1 Å². The van der Waals surface area contributed by atoms with Crippen LogP contribution in [0.5, 0.6) is 0 Å². The molecule has 0 saturated heterocycles. The van der Waals surface area contributed by atoms with Gasteiger partial charge in [-0.1, -0.05) is 0 Å². The minimum Gasteiger partial charge on any atom is -0.381 e. The molecule has 1 saturated carbocycles. The summed E-state index contributed by atoms with van der Waals surface area (Å²) in [5, 5.41) is 3.87. The first-order valence-electron chi connectivity index (χ1n) is 6.83. The lowest BCUT2D eigenvalue weighted by Crippen LogP contribution is -2.33. The molecule has 0 amide bonds. The number of nitrogens with one attached hydrogen (secondary N) is 1. The molecule has 3 unspecified atom stereocenters. The molecule has 1 aromatic rings. The van der Waals surface area contributed by atoms with Gasteiger partial charge in [0.25, 0.3) is 0 Å². The molecule has 2 aliphatic rings. The van der Waals surface area contributed by atoms with E-state index in [1.54, 1.807) is 10.4 Å². The summed E-state index contributed by atoms with van der Waals surface area (Å²) in [6.45, 7) is 0. The van der Waals surface area contributed by atoms with Crippen molar-refractivity contribution in [3.05, 3.63) is 19.4 Å². The van der Waals surface area contributed by atoms with Gasteiger partial charge in [-0.15, -0.1) is 11.3 Å². The molecule has 3 rings (SSSR count). The molecule has 0 aromatic carbocycles. The van der Waals surface area contributed by atoms with Crippen molar-refractivity contribution in [1.82, 2.24) is 5.32 Å². The molecule has 1 fully saturated rings. The zero-order valence-corrected chi connectivity index (χ0v) is 13.7. The van der Waals surface area contributed by atoms with Gasteiger partial charge in [0.2, 0.25) is 0 Å². The summed E-state index contributed by atoms with van der Waals surface area (Å²) in [6.07, 6.45) is 8.07. The Kier molecular flexibility index (Phi) is 4.28. The fraction of sp³-hybridized carbons (Fsp3) is 0.714. The molecule has 0 spiro atoms.